The Kier molecular flexibility index (Phi) is 4.77. The third-order valence-corrected chi connectivity index (χ3v) is 1.99. The van der Waals surface area contributed by atoms with Crippen LogP contribution >= 0.6 is 11.6 Å². The molecule has 1 rings (SSSR count). The van der Waals surface area contributed by atoms with Gasteiger partial charge >= 0.3 is 0 Å². The first-order chi connectivity index (χ1) is 7.67. The van der Waals surface area contributed by atoms with Crippen molar-refractivity contribution in [3.63, 3.8) is 0 Å². The molecule has 0 radical (unpaired) electrons. The number of carbonyl (C=O) groups is 1. The number of ketones is 1. The maximum Gasteiger partial charge on any atom is 0.195 e. The number of carbonyl (C=O) groups excluding carboxylic acids is 1. The van der Waals surface area contributed by atoms with Gasteiger partial charge in [0.2, 0.25) is 0 Å². The normalized spacial score (nSPS) is 9.56. The molecule has 0 heterocycles. The van der Waals surface area contributed by atoms with Gasteiger partial charge in [-0.1, -0.05) is 11.6 Å². The van der Waals surface area contributed by atoms with E-state index in [2.05, 4.69) is 4.74 Å². The minimum absolute atomic E-state index is 0.0115. The molecule has 0 aromatic heterocycles. The molecule has 0 saturated heterocycles. The van der Waals surface area contributed by atoms with E-state index in [-0.39, 0.29) is 19.0 Å². The smallest absolute Gasteiger partial charge is 0.195 e. The molecule has 84 valence electrons. The quantitative estimate of drug-likeness (QED) is 0.786. The Labute approximate surface area is 98.3 Å². The van der Waals surface area contributed by atoms with E-state index in [0.717, 1.165) is 0 Å². The van der Waals surface area contributed by atoms with Gasteiger partial charge in [-0.3, -0.25) is 4.79 Å². The summed E-state index contributed by atoms with van der Waals surface area (Å²) >= 11 is 5.75. The van der Waals surface area contributed by atoms with Crippen LogP contribution in [0, 0.1) is 11.3 Å². The first-order valence-electron chi connectivity index (χ1n) is 4.50. The molecule has 0 aliphatic heterocycles. The molecule has 0 unspecified atom stereocenters. The van der Waals surface area contributed by atoms with Gasteiger partial charge in [0.15, 0.2) is 5.78 Å². The fraction of sp³-hybridized carbons (Fsp3) is 0.273. The standard InChI is InChI=1S/C11H10ClNO3/c1-15-6-10(14)7-16-11-4-9(12)3-2-8(11)5-13/h2-4H,6-7H2,1H3. The predicted molar refractivity (Wildman–Crippen MR) is 58.5 cm³/mol. The summed E-state index contributed by atoms with van der Waals surface area (Å²) in [4.78, 5) is 11.1. The Morgan fingerprint density at radius 1 is 1.50 bits per heavy atom. The Morgan fingerprint density at radius 2 is 2.25 bits per heavy atom. The van der Waals surface area contributed by atoms with Crippen molar-refractivity contribution >= 4 is 17.4 Å². The monoisotopic (exact) mass is 239 g/mol. The molecule has 0 atom stereocenters. The van der Waals surface area contributed by atoms with Crippen molar-refractivity contribution in [3.05, 3.63) is 28.8 Å². The molecule has 16 heavy (non-hydrogen) atoms. The zero-order valence-corrected chi connectivity index (χ0v) is 9.45. The average molecular weight is 240 g/mol. The van der Waals surface area contributed by atoms with Crippen LogP contribution in [0.25, 0.3) is 0 Å². The van der Waals surface area contributed by atoms with Crippen LogP contribution in [0.15, 0.2) is 18.2 Å². The second-order valence-corrected chi connectivity index (χ2v) is 3.45. The van der Waals surface area contributed by atoms with Crippen LogP contribution in [0.2, 0.25) is 5.02 Å². The van der Waals surface area contributed by atoms with Gasteiger partial charge in [-0.15, -0.1) is 0 Å². The predicted octanol–water partition coefficient (Wildman–Crippen LogP) is 1.81. The van der Waals surface area contributed by atoms with Gasteiger partial charge in [0, 0.05) is 18.2 Å². The lowest BCUT2D eigenvalue weighted by Gasteiger charge is -2.06. The summed E-state index contributed by atoms with van der Waals surface area (Å²) in [5.41, 5.74) is 0.342. The van der Waals surface area contributed by atoms with Crippen molar-refractivity contribution in [1.82, 2.24) is 0 Å². The van der Waals surface area contributed by atoms with E-state index in [4.69, 9.17) is 21.6 Å². The third-order valence-electron chi connectivity index (χ3n) is 1.76. The lowest BCUT2D eigenvalue weighted by Crippen LogP contribution is -2.16. The first-order valence-corrected chi connectivity index (χ1v) is 4.88. The highest BCUT2D eigenvalue weighted by Gasteiger charge is 2.07. The largest absolute Gasteiger partial charge is 0.484 e. The first kappa shape index (κ1) is 12.5. The Hall–Kier alpha value is -1.57. The highest BCUT2D eigenvalue weighted by Crippen LogP contribution is 2.22. The highest BCUT2D eigenvalue weighted by molar-refractivity contribution is 6.30. The van der Waals surface area contributed by atoms with Gasteiger partial charge in [-0.2, -0.15) is 5.26 Å². The van der Waals surface area contributed by atoms with Gasteiger partial charge in [-0.25, -0.2) is 0 Å². The van der Waals surface area contributed by atoms with Crippen LogP contribution in [0.3, 0.4) is 0 Å². The number of nitrogens with zero attached hydrogens (tertiary/aromatic N) is 1. The molecule has 0 N–H and O–H groups in total. The summed E-state index contributed by atoms with van der Waals surface area (Å²) < 4.78 is 9.84. The SMILES string of the molecule is COCC(=O)COc1cc(Cl)ccc1C#N. The summed E-state index contributed by atoms with van der Waals surface area (Å²) in [7, 11) is 1.43. The number of Topliss-reactive ketones (excluding diaryl/α,β-unsaturated/α-hetero) is 1. The Bertz CT molecular complexity index is 426. The fourth-order valence-corrected chi connectivity index (χ4v) is 1.23. The molecule has 0 aliphatic rings. The summed E-state index contributed by atoms with van der Waals surface area (Å²) in [5, 5.41) is 9.25. The zero-order chi connectivity index (χ0) is 12.0. The molecule has 0 saturated carbocycles. The topological polar surface area (TPSA) is 59.3 Å². The lowest BCUT2D eigenvalue weighted by molar-refractivity contribution is -0.124. The van der Waals surface area contributed by atoms with E-state index in [9.17, 15) is 4.79 Å². The van der Waals surface area contributed by atoms with E-state index in [0.29, 0.717) is 16.3 Å². The second-order valence-electron chi connectivity index (χ2n) is 3.01. The number of ether oxygens (including phenoxy) is 2. The van der Waals surface area contributed by atoms with E-state index < -0.39 is 0 Å². The number of halogens is 1. The molecule has 1 aromatic rings. The molecule has 0 bridgehead atoms. The summed E-state index contributed by atoms with van der Waals surface area (Å²) in [5.74, 6) is 0.103. The summed E-state index contributed by atoms with van der Waals surface area (Å²) in [6.45, 7) is -0.148. The molecular formula is C11H10ClNO3. The van der Waals surface area contributed by atoms with E-state index >= 15 is 0 Å². The van der Waals surface area contributed by atoms with Crippen molar-refractivity contribution in [1.29, 1.82) is 5.26 Å². The second kappa shape index (κ2) is 6.11. The van der Waals surface area contributed by atoms with Gasteiger partial charge in [0.1, 0.15) is 25.0 Å². The third kappa shape index (κ3) is 3.54. The van der Waals surface area contributed by atoms with E-state index in [1.807, 2.05) is 6.07 Å². The summed E-state index contributed by atoms with van der Waals surface area (Å²) in [6, 6.07) is 6.58. The van der Waals surface area contributed by atoms with Gasteiger partial charge in [0.25, 0.3) is 0 Å². The number of rotatable bonds is 5. The average Bonchev–Trinajstić information content (AvgIpc) is 2.27. The molecule has 5 heteroatoms. The van der Waals surface area contributed by atoms with Crippen molar-refractivity contribution in [2.45, 2.75) is 0 Å². The molecule has 1 aromatic carbocycles. The minimum Gasteiger partial charge on any atom is -0.484 e. The molecule has 0 fully saturated rings. The van der Waals surface area contributed by atoms with Crippen LogP contribution in [0.1, 0.15) is 5.56 Å². The van der Waals surface area contributed by atoms with Crippen molar-refractivity contribution in [3.8, 4) is 11.8 Å². The number of hydrogen-bond acceptors (Lipinski definition) is 4. The molecule has 0 spiro atoms. The van der Waals surface area contributed by atoms with Crippen LogP contribution in [0.5, 0.6) is 5.75 Å². The van der Waals surface area contributed by atoms with Gasteiger partial charge in [0.05, 0.1) is 5.56 Å². The fourth-order valence-electron chi connectivity index (χ4n) is 1.07. The number of methoxy groups -OCH3 is 1. The van der Waals surface area contributed by atoms with Crippen LogP contribution in [-0.2, 0) is 9.53 Å². The van der Waals surface area contributed by atoms with Crippen LogP contribution in [-0.4, -0.2) is 26.1 Å². The van der Waals surface area contributed by atoms with E-state index in [1.54, 1.807) is 12.1 Å². The van der Waals surface area contributed by atoms with Crippen LogP contribution in [0.4, 0.5) is 0 Å². The Morgan fingerprint density at radius 3 is 2.88 bits per heavy atom. The maximum atomic E-state index is 11.1. The van der Waals surface area contributed by atoms with Gasteiger partial charge < -0.3 is 9.47 Å². The number of nitriles is 1. The van der Waals surface area contributed by atoms with Crippen molar-refractivity contribution < 1.29 is 14.3 Å². The van der Waals surface area contributed by atoms with Crippen molar-refractivity contribution in [2.24, 2.45) is 0 Å². The lowest BCUT2D eigenvalue weighted by atomic mass is 10.2. The van der Waals surface area contributed by atoms with E-state index in [1.165, 1.54) is 13.2 Å². The Balaban J connectivity index is 2.70. The van der Waals surface area contributed by atoms with Crippen LogP contribution < -0.4 is 4.74 Å². The highest BCUT2D eigenvalue weighted by atomic mass is 35.5. The molecule has 0 aliphatic carbocycles. The van der Waals surface area contributed by atoms with Crippen molar-refractivity contribution in [2.75, 3.05) is 20.3 Å². The number of hydrogen-bond donors (Lipinski definition) is 0. The molecule has 4 nitrogen and oxygen atoms in total. The number of benzene rings is 1. The summed E-state index contributed by atoms with van der Waals surface area (Å²) in [6.07, 6.45) is 0. The zero-order valence-electron chi connectivity index (χ0n) is 8.70. The van der Waals surface area contributed by atoms with Gasteiger partial charge in [-0.05, 0) is 12.1 Å². The molecule has 0 amide bonds. The maximum absolute atomic E-state index is 11.1. The minimum atomic E-state index is -0.202. The molecular weight excluding hydrogens is 230 g/mol.